The molecule has 9 heteroatoms. The molecule has 3 N–H and O–H groups in total. The van der Waals surface area contributed by atoms with Crippen molar-refractivity contribution >= 4 is 35.9 Å². The monoisotopic (exact) mass is 397 g/mol. The fourth-order valence-corrected chi connectivity index (χ4v) is 2.79. The third-order valence-corrected chi connectivity index (χ3v) is 4.23. The van der Waals surface area contributed by atoms with Crippen LogP contribution < -0.4 is 15.4 Å². The van der Waals surface area contributed by atoms with Crippen molar-refractivity contribution in [3.05, 3.63) is 35.7 Å². The molecule has 1 aliphatic carbocycles. The predicted molar refractivity (Wildman–Crippen MR) is 109 cm³/mol. The van der Waals surface area contributed by atoms with Gasteiger partial charge in [-0.3, -0.25) is 14.6 Å². The summed E-state index contributed by atoms with van der Waals surface area (Å²) in [6.45, 7) is 4.41. The van der Waals surface area contributed by atoms with Gasteiger partial charge in [-0.15, -0.1) is 0 Å². The first-order chi connectivity index (χ1) is 14.0. The van der Waals surface area contributed by atoms with Gasteiger partial charge in [-0.2, -0.15) is 0 Å². The van der Waals surface area contributed by atoms with Gasteiger partial charge in [0, 0.05) is 18.2 Å². The van der Waals surface area contributed by atoms with E-state index in [1.54, 1.807) is 6.07 Å². The Balaban J connectivity index is 0.000000755. The third kappa shape index (κ3) is 5.50. The molecule has 29 heavy (non-hydrogen) atoms. The molecule has 0 unspecified atom stereocenters. The van der Waals surface area contributed by atoms with Gasteiger partial charge in [-0.1, -0.05) is 0 Å². The van der Waals surface area contributed by atoms with Crippen molar-refractivity contribution < 1.29 is 19.4 Å². The van der Waals surface area contributed by atoms with E-state index in [1.807, 2.05) is 32.2 Å². The highest BCUT2D eigenvalue weighted by atomic mass is 16.5. The molecule has 1 saturated carbocycles. The SMILES string of the molecule is CC(C)Oc1cc2c(cc1Nc1cc(NC(=O)C3CC3)ncn1)C=NC2.O=CO. The lowest BCUT2D eigenvalue weighted by Gasteiger charge is -2.17. The number of carboxylic acid groups (broad SMARTS) is 1. The maximum atomic E-state index is 11.9. The van der Waals surface area contributed by atoms with Crippen molar-refractivity contribution in [3.63, 3.8) is 0 Å². The van der Waals surface area contributed by atoms with Gasteiger partial charge in [-0.25, -0.2) is 9.97 Å². The van der Waals surface area contributed by atoms with E-state index in [1.165, 1.54) is 6.33 Å². The molecule has 2 aromatic rings. The number of anilines is 3. The predicted octanol–water partition coefficient (Wildman–Crippen LogP) is 2.99. The third-order valence-electron chi connectivity index (χ3n) is 4.23. The molecule has 1 amide bonds. The van der Waals surface area contributed by atoms with E-state index in [9.17, 15) is 4.79 Å². The largest absolute Gasteiger partial charge is 0.489 e. The van der Waals surface area contributed by atoms with E-state index in [2.05, 4.69) is 25.6 Å². The van der Waals surface area contributed by atoms with Crippen molar-refractivity contribution in [1.82, 2.24) is 9.97 Å². The Hall–Kier alpha value is -3.49. The maximum absolute atomic E-state index is 11.9. The molecule has 2 aliphatic rings. The highest BCUT2D eigenvalue weighted by molar-refractivity contribution is 5.93. The van der Waals surface area contributed by atoms with Crippen molar-refractivity contribution in [3.8, 4) is 5.75 Å². The highest BCUT2D eigenvalue weighted by Gasteiger charge is 2.29. The molecule has 0 atom stereocenters. The number of ether oxygens (including phenoxy) is 1. The fourth-order valence-electron chi connectivity index (χ4n) is 2.79. The van der Waals surface area contributed by atoms with Gasteiger partial charge in [0.25, 0.3) is 6.47 Å². The van der Waals surface area contributed by atoms with Gasteiger partial charge in [0.2, 0.25) is 5.91 Å². The Kier molecular flexibility index (Phi) is 6.38. The standard InChI is InChI=1S/C19H21N5O2.CH2O2/c1-11(2)26-16-6-14-9-20-8-13(14)5-15(16)23-17-7-18(22-10-21-17)24-19(25)12-3-4-12;2-1-3/h5-8,10-12H,3-4,9H2,1-2H3,(H2,21,22,23,24,25);1H,(H,2,3). The fraction of sp³-hybridized carbons (Fsp3) is 0.350. The zero-order valence-electron chi connectivity index (χ0n) is 16.3. The molecule has 1 aliphatic heterocycles. The van der Waals surface area contributed by atoms with E-state index >= 15 is 0 Å². The van der Waals surface area contributed by atoms with E-state index in [4.69, 9.17) is 14.6 Å². The summed E-state index contributed by atoms with van der Waals surface area (Å²) in [5.74, 6) is 1.99. The van der Waals surface area contributed by atoms with Crippen molar-refractivity contribution in [2.45, 2.75) is 39.3 Å². The van der Waals surface area contributed by atoms with Gasteiger partial charge in [0.05, 0.1) is 18.3 Å². The van der Waals surface area contributed by atoms with Crippen molar-refractivity contribution in [2.75, 3.05) is 10.6 Å². The Labute approximate surface area is 168 Å². The van der Waals surface area contributed by atoms with Crippen LogP contribution >= 0.6 is 0 Å². The number of rotatable bonds is 6. The van der Waals surface area contributed by atoms with Crippen molar-refractivity contribution in [1.29, 1.82) is 0 Å². The summed E-state index contributed by atoms with van der Waals surface area (Å²) in [5.41, 5.74) is 3.02. The molecule has 152 valence electrons. The number of hydrogen-bond acceptors (Lipinski definition) is 7. The van der Waals surface area contributed by atoms with Crippen LogP contribution in [0.5, 0.6) is 5.75 Å². The summed E-state index contributed by atoms with van der Waals surface area (Å²) < 4.78 is 5.95. The van der Waals surface area contributed by atoms with Crippen LogP contribution in [0.4, 0.5) is 17.3 Å². The lowest BCUT2D eigenvalue weighted by atomic mass is 10.1. The molecule has 1 fully saturated rings. The summed E-state index contributed by atoms with van der Waals surface area (Å²) in [5, 5.41) is 13.0. The number of nitrogens with zero attached hydrogens (tertiary/aromatic N) is 3. The molecule has 9 nitrogen and oxygen atoms in total. The van der Waals surface area contributed by atoms with Crippen LogP contribution in [-0.2, 0) is 16.1 Å². The first kappa shape index (κ1) is 20.2. The second kappa shape index (κ2) is 9.13. The van der Waals surface area contributed by atoms with Crippen LogP contribution in [0.2, 0.25) is 0 Å². The highest BCUT2D eigenvalue weighted by Crippen LogP contribution is 2.34. The Morgan fingerprint density at radius 2 is 1.97 bits per heavy atom. The molecule has 4 rings (SSSR count). The van der Waals surface area contributed by atoms with Gasteiger partial charge in [0.1, 0.15) is 23.7 Å². The van der Waals surface area contributed by atoms with Gasteiger partial charge in [0.15, 0.2) is 0 Å². The number of hydrogen-bond donors (Lipinski definition) is 3. The van der Waals surface area contributed by atoms with Crippen LogP contribution in [0.25, 0.3) is 0 Å². The van der Waals surface area contributed by atoms with E-state index in [0.29, 0.717) is 18.2 Å². The average molecular weight is 397 g/mol. The minimum atomic E-state index is -0.250. The zero-order chi connectivity index (χ0) is 20.8. The molecule has 0 saturated heterocycles. The van der Waals surface area contributed by atoms with Crippen LogP contribution in [0.1, 0.15) is 37.8 Å². The molecule has 1 aromatic heterocycles. The minimum Gasteiger partial charge on any atom is -0.489 e. The number of amides is 1. The lowest BCUT2D eigenvalue weighted by Crippen LogP contribution is -2.14. The summed E-state index contributed by atoms with van der Waals surface area (Å²) >= 11 is 0. The van der Waals surface area contributed by atoms with E-state index in [-0.39, 0.29) is 24.4 Å². The molecule has 0 spiro atoms. The van der Waals surface area contributed by atoms with Gasteiger partial charge < -0.3 is 20.5 Å². The summed E-state index contributed by atoms with van der Waals surface area (Å²) in [6, 6.07) is 5.75. The Bertz CT molecular complexity index is 925. The number of carbonyl (C=O) groups excluding carboxylic acids is 1. The van der Waals surface area contributed by atoms with Crippen LogP contribution in [0.3, 0.4) is 0 Å². The molecule has 0 radical (unpaired) electrons. The van der Waals surface area contributed by atoms with E-state index < -0.39 is 0 Å². The summed E-state index contributed by atoms with van der Waals surface area (Å²) in [7, 11) is 0. The number of fused-ring (bicyclic) bond motifs is 1. The van der Waals surface area contributed by atoms with Crippen molar-refractivity contribution in [2.24, 2.45) is 10.9 Å². The number of nitrogens with one attached hydrogen (secondary N) is 2. The van der Waals surface area contributed by atoms with Gasteiger partial charge in [-0.05, 0) is 49.9 Å². The first-order valence-corrected chi connectivity index (χ1v) is 9.31. The van der Waals surface area contributed by atoms with E-state index in [0.717, 1.165) is 35.4 Å². The second-order valence-corrected chi connectivity index (χ2v) is 6.97. The maximum Gasteiger partial charge on any atom is 0.290 e. The summed E-state index contributed by atoms with van der Waals surface area (Å²) in [4.78, 5) is 33.0. The van der Waals surface area contributed by atoms with Crippen LogP contribution in [-0.4, -0.2) is 39.8 Å². The smallest absolute Gasteiger partial charge is 0.290 e. The number of benzene rings is 1. The minimum absolute atomic E-state index is 0.0206. The quantitative estimate of drug-likeness (QED) is 0.640. The molecule has 0 bridgehead atoms. The lowest BCUT2D eigenvalue weighted by molar-refractivity contribution is -0.123. The molecule has 2 heterocycles. The number of aliphatic imine (C=N–C) groups is 1. The number of carbonyl (C=O) groups is 2. The zero-order valence-corrected chi connectivity index (χ0v) is 16.3. The van der Waals surface area contributed by atoms with Gasteiger partial charge >= 0.3 is 0 Å². The van der Waals surface area contributed by atoms with Crippen LogP contribution in [0, 0.1) is 5.92 Å². The summed E-state index contributed by atoms with van der Waals surface area (Å²) in [6.07, 6.45) is 5.25. The first-order valence-electron chi connectivity index (χ1n) is 9.31. The molecular formula is C20H23N5O4. The normalized spacial score (nSPS) is 13.9. The van der Waals surface area contributed by atoms with Crippen LogP contribution in [0.15, 0.2) is 29.5 Å². The topological polar surface area (TPSA) is 126 Å². The Morgan fingerprint density at radius 3 is 2.66 bits per heavy atom. The molecule has 1 aromatic carbocycles. The molecular weight excluding hydrogens is 374 g/mol. The Morgan fingerprint density at radius 1 is 1.24 bits per heavy atom. The number of aromatic nitrogens is 2. The average Bonchev–Trinajstić information content (AvgIpc) is 3.42. The second-order valence-electron chi connectivity index (χ2n) is 6.97.